The minimum atomic E-state index is -1.37. The van der Waals surface area contributed by atoms with Crippen LogP contribution in [-0.4, -0.2) is 17.1 Å². The van der Waals surface area contributed by atoms with E-state index in [1.807, 2.05) is 60.7 Å². The van der Waals surface area contributed by atoms with Crippen LogP contribution in [0.5, 0.6) is 0 Å². The fraction of sp³-hybridized carbons (Fsp3) is 0.118. The zero-order valence-corrected chi connectivity index (χ0v) is 14.8. The monoisotopic (exact) mass is 407 g/mol. The summed E-state index contributed by atoms with van der Waals surface area (Å²) in [5, 5.41) is 25.8. The first-order valence-electron chi connectivity index (χ1n) is 7.05. The fourth-order valence-corrected chi connectivity index (χ4v) is 1.78. The number of carbonyl (C=O) groups excluding carboxylic acids is 2. The van der Waals surface area contributed by atoms with Crippen LogP contribution in [0.15, 0.2) is 60.7 Å². The van der Waals surface area contributed by atoms with E-state index in [0.717, 1.165) is 11.4 Å². The third kappa shape index (κ3) is 11.7. The van der Waals surface area contributed by atoms with Crippen LogP contribution in [0.1, 0.15) is 12.8 Å². The Balaban J connectivity index is 0.000000552. The summed E-state index contributed by atoms with van der Waals surface area (Å²) in [6.07, 6.45) is -0.940. The predicted molar refractivity (Wildman–Crippen MR) is 92.0 cm³/mol. The number of hydrogen-bond donors (Lipinski definition) is 2. The van der Waals surface area contributed by atoms with E-state index >= 15 is 0 Å². The number of carbonyl (C=O) groups is 2. The topological polar surface area (TPSA) is 104 Å². The number of anilines is 2. The van der Waals surface area contributed by atoms with Crippen molar-refractivity contribution in [3.8, 4) is 0 Å². The van der Waals surface area contributed by atoms with Crippen molar-refractivity contribution in [2.45, 2.75) is 12.8 Å². The number of hydrogen-bond acceptors (Lipinski definition) is 5. The Hall–Kier alpha value is -2.41. The van der Waals surface area contributed by atoms with Gasteiger partial charge in [-0.15, -0.1) is 0 Å². The number of carboxylic acid groups (broad SMARTS) is 2. The molecule has 0 bridgehead atoms. The number of nitrogens with one attached hydrogen (secondary N) is 2. The molecule has 8 heteroatoms. The second-order valence-electron chi connectivity index (χ2n) is 4.56. The zero-order chi connectivity index (χ0) is 17.8. The third-order valence-corrected chi connectivity index (χ3v) is 2.80. The van der Waals surface area contributed by atoms with Crippen molar-refractivity contribution >= 4 is 40.6 Å². The molecule has 0 aromatic heterocycles. The Morgan fingerprint density at radius 3 is 1.36 bits per heavy atom. The van der Waals surface area contributed by atoms with E-state index in [4.69, 9.17) is 12.2 Å². The van der Waals surface area contributed by atoms with Crippen LogP contribution in [0.3, 0.4) is 0 Å². The van der Waals surface area contributed by atoms with Crippen molar-refractivity contribution < 1.29 is 36.9 Å². The van der Waals surface area contributed by atoms with E-state index in [9.17, 15) is 19.8 Å². The van der Waals surface area contributed by atoms with Gasteiger partial charge in [0, 0.05) is 23.3 Å². The van der Waals surface area contributed by atoms with Gasteiger partial charge in [0.15, 0.2) is 5.11 Å². The number of rotatable bonds is 5. The first-order valence-corrected chi connectivity index (χ1v) is 7.46. The van der Waals surface area contributed by atoms with Crippen molar-refractivity contribution in [3.05, 3.63) is 60.7 Å². The molecule has 0 saturated carbocycles. The van der Waals surface area contributed by atoms with E-state index in [2.05, 4.69) is 10.6 Å². The normalized spacial score (nSPS) is 8.80. The molecule has 2 aromatic carbocycles. The average Bonchev–Trinajstić information content (AvgIpc) is 2.55. The van der Waals surface area contributed by atoms with Gasteiger partial charge in [0.25, 0.3) is 0 Å². The Bertz CT molecular complexity index is 611. The van der Waals surface area contributed by atoms with Crippen LogP contribution in [0.4, 0.5) is 11.4 Å². The Kier molecular flexibility index (Phi) is 11.7. The molecule has 0 spiro atoms. The van der Waals surface area contributed by atoms with Crippen molar-refractivity contribution in [3.63, 3.8) is 0 Å². The van der Waals surface area contributed by atoms with E-state index in [1.165, 1.54) is 0 Å². The number of carboxylic acids is 2. The molecule has 0 amide bonds. The minimum Gasteiger partial charge on any atom is -0.550 e. The molecular formula is C17H16CuN2O4S. The molecule has 0 unspecified atom stereocenters. The summed E-state index contributed by atoms with van der Waals surface area (Å²) >= 11 is 5.20. The Labute approximate surface area is 161 Å². The van der Waals surface area contributed by atoms with E-state index in [0.29, 0.717) is 5.11 Å². The van der Waals surface area contributed by atoms with Gasteiger partial charge in [0.1, 0.15) is 0 Å². The third-order valence-electron chi connectivity index (χ3n) is 2.60. The summed E-state index contributed by atoms with van der Waals surface area (Å²) < 4.78 is 0. The fourth-order valence-electron chi connectivity index (χ4n) is 1.54. The van der Waals surface area contributed by atoms with E-state index in [1.54, 1.807) is 0 Å². The molecule has 6 nitrogen and oxygen atoms in total. The maximum Gasteiger partial charge on any atom is 2.00 e. The molecule has 25 heavy (non-hydrogen) atoms. The molecule has 1 radical (unpaired) electrons. The minimum absolute atomic E-state index is 0. The van der Waals surface area contributed by atoms with E-state index < -0.39 is 24.8 Å². The van der Waals surface area contributed by atoms with Crippen molar-refractivity contribution in [2.75, 3.05) is 10.6 Å². The maximum absolute atomic E-state index is 9.50. The number of para-hydroxylation sites is 2. The van der Waals surface area contributed by atoms with Crippen LogP contribution in [0, 0.1) is 0 Å². The summed E-state index contributed by atoms with van der Waals surface area (Å²) in [6, 6.07) is 19.7. The second-order valence-corrected chi connectivity index (χ2v) is 4.96. The largest absolute Gasteiger partial charge is 2.00 e. The molecule has 0 fully saturated rings. The van der Waals surface area contributed by atoms with Crippen molar-refractivity contribution in [1.82, 2.24) is 0 Å². The molecule has 0 saturated heterocycles. The molecule has 0 heterocycles. The van der Waals surface area contributed by atoms with Gasteiger partial charge >= 0.3 is 17.1 Å². The van der Waals surface area contributed by atoms with Gasteiger partial charge in [0.05, 0.1) is 0 Å². The zero-order valence-electron chi connectivity index (χ0n) is 13.0. The first kappa shape index (κ1) is 22.6. The molecule has 0 aliphatic rings. The molecule has 2 rings (SSSR count). The van der Waals surface area contributed by atoms with Crippen LogP contribution in [-0.2, 0) is 26.7 Å². The van der Waals surface area contributed by atoms with Gasteiger partial charge in [-0.1, -0.05) is 36.4 Å². The number of benzene rings is 2. The first-order chi connectivity index (χ1) is 11.5. The van der Waals surface area contributed by atoms with Gasteiger partial charge in [-0.05, 0) is 49.3 Å². The van der Waals surface area contributed by atoms with Gasteiger partial charge < -0.3 is 30.4 Å². The predicted octanol–water partition coefficient (Wildman–Crippen LogP) is 0.759. The maximum atomic E-state index is 9.50. The summed E-state index contributed by atoms with van der Waals surface area (Å²) in [7, 11) is 0. The van der Waals surface area contributed by atoms with Gasteiger partial charge in [-0.25, -0.2) is 0 Å². The van der Waals surface area contributed by atoms with E-state index in [-0.39, 0.29) is 17.1 Å². The number of aliphatic carboxylic acids is 2. The second kappa shape index (κ2) is 12.9. The molecule has 0 atom stereocenters. The van der Waals surface area contributed by atoms with Crippen molar-refractivity contribution in [1.29, 1.82) is 0 Å². The summed E-state index contributed by atoms with van der Waals surface area (Å²) in [6.45, 7) is 0. The smallest absolute Gasteiger partial charge is 0.550 e. The quantitative estimate of drug-likeness (QED) is 0.556. The SMILES string of the molecule is O=C([O-])CCC(=O)[O-].S=C(Nc1ccccc1)Nc1ccccc1.[Cu+2]. The number of thiocarbonyl (C=S) groups is 1. The summed E-state index contributed by atoms with van der Waals surface area (Å²) in [5.41, 5.74) is 1.96. The van der Waals surface area contributed by atoms with Gasteiger partial charge in [-0.2, -0.15) is 0 Å². The van der Waals surface area contributed by atoms with Crippen molar-refractivity contribution in [2.24, 2.45) is 0 Å². The summed E-state index contributed by atoms with van der Waals surface area (Å²) in [4.78, 5) is 19.0. The van der Waals surface area contributed by atoms with Crippen LogP contribution in [0.2, 0.25) is 0 Å². The molecule has 2 aromatic rings. The molecule has 2 N–H and O–H groups in total. The Morgan fingerprint density at radius 1 is 0.760 bits per heavy atom. The standard InChI is InChI=1S/C13H12N2S.C4H6O4.Cu/c16-13(14-11-7-3-1-4-8-11)15-12-9-5-2-6-10-12;5-3(6)1-2-4(7)8;/h1-10H,(H2,14,15,16);1-2H2,(H,5,6)(H,7,8);/q;;+2/p-2. The average molecular weight is 408 g/mol. The van der Waals surface area contributed by atoms with Crippen LogP contribution < -0.4 is 20.8 Å². The molecular weight excluding hydrogens is 392 g/mol. The molecule has 135 valence electrons. The van der Waals surface area contributed by atoms with Gasteiger partial charge in [-0.3, -0.25) is 0 Å². The molecule has 0 aliphatic heterocycles. The summed E-state index contributed by atoms with van der Waals surface area (Å²) in [5.74, 6) is -2.73. The molecule has 0 aliphatic carbocycles. The van der Waals surface area contributed by atoms with Crippen LogP contribution >= 0.6 is 12.2 Å². The Morgan fingerprint density at radius 2 is 1.08 bits per heavy atom. The van der Waals surface area contributed by atoms with Gasteiger partial charge in [0.2, 0.25) is 0 Å². The van der Waals surface area contributed by atoms with Crippen LogP contribution in [0.25, 0.3) is 0 Å².